The molecule has 0 aliphatic rings. The molecule has 0 aromatic carbocycles. The number of carbonyl (C=O) groups is 1. The third kappa shape index (κ3) is 5.77. The summed E-state index contributed by atoms with van der Waals surface area (Å²) < 4.78 is 4.89. The number of hydrogen-bond acceptors (Lipinski definition) is 2. The van der Waals surface area contributed by atoms with E-state index in [4.69, 9.17) is 9.84 Å². The molecule has 0 aromatic heterocycles. The number of ether oxygens (including phenoxy) is 1. The predicted molar refractivity (Wildman–Crippen MR) is 46.8 cm³/mol. The molecule has 0 bridgehead atoms. The zero-order valence-electron chi connectivity index (χ0n) is 7.83. The van der Waals surface area contributed by atoms with Crippen LogP contribution in [0.4, 0.5) is 0 Å². The van der Waals surface area contributed by atoms with Gasteiger partial charge in [0.05, 0.1) is 13.2 Å². The summed E-state index contributed by atoms with van der Waals surface area (Å²) in [4.78, 5) is 10.3. The number of carboxylic acid groups (broad SMARTS) is 1. The van der Waals surface area contributed by atoms with Crippen LogP contribution in [0.2, 0.25) is 0 Å². The number of methoxy groups -OCH3 is 1. The monoisotopic (exact) mass is 172 g/mol. The first-order valence-corrected chi connectivity index (χ1v) is 4.03. The minimum Gasteiger partial charge on any atom is -0.501 e. The molecule has 0 saturated heterocycles. The molecule has 0 fully saturated rings. The normalized spacial score (nSPS) is 11.8. The van der Waals surface area contributed by atoms with Gasteiger partial charge in [0.15, 0.2) is 0 Å². The highest BCUT2D eigenvalue weighted by Gasteiger charge is 2.01. The van der Waals surface area contributed by atoms with Crippen molar-refractivity contribution < 1.29 is 14.6 Å². The molecule has 0 unspecified atom stereocenters. The lowest BCUT2D eigenvalue weighted by Gasteiger charge is -2.06. The van der Waals surface area contributed by atoms with Crippen molar-refractivity contribution in [2.24, 2.45) is 5.92 Å². The Morgan fingerprint density at radius 1 is 1.58 bits per heavy atom. The van der Waals surface area contributed by atoms with Crippen molar-refractivity contribution in [3.8, 4) is 0 Å². The molecule has 0 heterocycles. The van der Waals surface area contributed by atoms with Crippen LogP contribution in [0.1, 0.15) is 26.7 Å². The highest BCUT2D eigenvalue weighted by atomic mass is 16.5. The van der Waals surface area contributed by atoms with E-state index in [9.17, 15) is 4.79 Å². The molecule has 0 aliphatic carbocycles. The van der Waals surface area contributed by atoms with Gasteiger partial charge in [-0.1, -0.05) is 13.8 Å². The first kappa shape index (κ1) is 11.0. The highest BCUT2D eigenvalue weighted by Crippen LogP contribution is 2.11. The average molecular weight is 172 g/mol. The Bertz CT molecular complexity index is 171. The van der Waals surface area contributed by atoms with Gasteiger partial charge >= 0.3 is 5.97 Å². The Hall–Kier alpha value is -0.990. The van der Waals surface area contributed by atoms with E-state index in [1.54, 1.807) is 0 Å². The van der Waals surface area contributed by atoms with Gasteiger partial charge in [-0.05, 0) is 12.3 Å². The van der Waals surface area contributed by atoms with Gasteiger partial charge in [-0.3, -0.25) is 0 Å². The van der Waals surface area contributed by atoms with E-state index in [0.717, 1.165) is 12.5 Å². The van der Waals surface area contributed by atoms with E-state index in [0.29, 0.717) is 18.1 Å². The summed E-state index contributed by atoms with van der Waals surface area (Å²) in [6.45, 7) is 4.18. The summed E-state index contributed by atoms with van der Waals surface area (Å²) in [6, 6.07) is 0. The summed E-state index contributed by atoms with van der Waals surface area (Å²) in [7, 11) is 1.50. The second-order valence-electron chi connectivity index (χ2n) is 3.09. The number of aliphatic carboxylic acids is 1. The molecule has 70 valence electrons. The number of hydrogen-bond donors (Lipinski definition) is 1. The maximum absolute atomic E-state index is 10.3. The van der Waals surface area contributed by atoms with Crippen LogP contribution >= 0.6 is 0 Å². The number of rotatable bonds is 5. The van der Waals surface area contributed by atoms with Crippen LogP contribution in [-0.2, 0) is 9.53 Å². The van der Waals surface area contributed by atoms with Gasteiger partial charge < -0.3 is 9.84 Å². The van der Waals surface area contributed by atoms with Crippen LogP contribution < -0.4 is 0 Å². The minimum absolute atomic E-state index is 0.538. The van der Waals surface area contributed by atoms with E-state index in [-0.39, 0.29) is 0 Å². The van der Waals surface area contributed by atoms with Crippen molar-refractivity contribution >= 4 is 5.97 Å². The van der Waals surface area contributed by atoms with E-state index < -0.39 is 5.97 Å². The molecule has 0 amide bonds. The van der Waals surface area contributed by atoms with Crippen LogP contribution in [0.25, 0.3) is 0 Å². The maximum atomic E-state index is 10.3. The number of allylic oxidation sites excluding steroid dienone is 1. The molecule has 0 atom stereocenters. The lowest BCUT2D eigenvalue weighted by Crippen LogP contribution is -1.97. The standard InChI is InChI=1S/C9H16O3/c1-7(2)4-5-8(12-3)6-9(10)11/h6-7H,4-5H2,1-3H3,(H,10,11)/b8-6-. The largest absolute Gasteiger partial charge is 0.501 e. The summed E-state index contributed by atoms with van der Waals surface area (Å²) in [5.41, 5.74) is 0. The van der Waals surface area contributed by atoms with E-state index in [1.807, 2.05) is 0 Å². The summed E-state index contributed by atoms with van der Waals surface area (Å²) in [6.07, 6.45) is 2.76. The van der Waals surface area contributed by atoms with Crippen molar-refractivity contribution in [1.82, 2.24) is 0 Å². The third-order valence-corrected chi connectivity index (χ3v) is 1.51. The average Bonchev–Trinajstić information content (AvgIpc) is 1.97. The maximum Gasteiger partial charge on any atom is 0.331 e. The molecule has 3 heteroatoms. The Balaban J connectivity index is 3.91. The highest BCUT2D eigenvalue weighted by molar-refractivity contribution is 5.80. The fourth-order valence-electron chi connectivity index (χ4n) is 0.802. The third-order valence-electron chi connectivity index (χ3n) is 1.51. The molecule has 0 spiro atoms. The van der Waals surface area contributed by atoms with Crippen molar-refractivity contribution in [2.75, 3.05) is 7.11 Å². The summed E-state index contributed by atoms with van der Waals surface area (Å²) in [5, 5.41) is 8.42. The van der Waals surface area contributed by atoms with Gasteiger partial charge in [-0.25, -0.2) is 4.79 Å². The van der Waals surface area contributed by atoms with Crippen LogP contribution in [0.3, 0.4) is 0 Å². The Labute approximate surface area is 73.0 Å². The lowest BCUT2D eigenvalue weighted by atomic mass is 10.1. The SMILES string of the molecule is CO/C(=C\C(=O)O)CCC(C)C. The molecule has 3 nitrogen and oxygen atoms in total. The van der Waals surface area contributed by atoms with E-state index in [1.165, 1.54) is 7.11 Å². The van der Waals surface area contributed by atoms with Gasteiger partial charge in [-0.15, -0.1) is 0 Å². The van der Waals surface area contributed by atoms with Crippen LogP contribution in [0.15, 0.2) is 11.8 Å². The molecular weight excluding hydrogens is 156 g/mol. The fraction of sp³-hybridized carbons (Fsp3) is 0.667. The topological polar surface area (TPSA) is 46.5 Å². The van der Waals surface area contributed by atoms with E-state index >= 15 is 0 Å². The Kier molecular flexibility index (Phi) is 5.17. The predicted octanol–water partition coefficient (Wildman–Crippen LogP) is 2.04. The van der Waals surface area contributed by atoms with E-state index in [2.05, 4.69) is 13.8 Å². The summed E-state index contributed by atoms with van der Waals surface area (Å²) >= 11 is 0. The Morgan fingerprint density at radius 2 is 2.17 bits per heavy atom. The van der Waals surface area contributed by atoms with Gasteiger partial charge in [-0.2, -0.15) is 0 Å². The second kappa shape index (κ2) is 5.63. The number of carboxylic acids is 1. The summed E-state index contributed by atoms with van der Waals surface area (Å²) in [5.74, 6) is 0.157. The Morgan fingerprint density at radius 3 is 2.50 bits per heavy atom. The first-order valence-electron chi connectivity index (χ1n) is 4.03. The van der Waals surface area contributed by atoms with Crippen LogP contribution in [0.5, 0.6) is 0 Å². The molecule has 0 saturated carbocycles. The first-order chi connectivity index (χ1) is 5.56. The fourth-order valence-corrected chi connectivity index (χ4v) is 0.802. The molecule has 0 aliphatic heterocycles. The molecular formula is C9H16O3. The molecule has 0 rings (SSSR count). The van der Waals surface area contributed by atoms with Crippen molar-refractivity contribution in [3.05, 3.63) is 11.8 Å². The zero-order valence-corrected chi connectivity index (χ0v) is 7.83. The second-order valence-corrected chi connectivity index (χ2v) is 3.09. The van der Waals surface area contributed by atoms with Crippen molar-refractivity contribution in [1.29, 1.82) is 0 Å². The van der Waals surface area contributed by atoms with Gasteiger partial charge in [0.1, 0.15) is 5.76 Å². The minimum atomic E-state index is -0.949. The molecule has 0 radical (unpaired) electrons. The smallest absolute Gasteiger partial charge is 0.331 e. The van der Waals surface area contributed by atoms with Gasteiger partial charge in [0.2, 0.25) is 0 Å². The molecule has 1 N–H and O–H groups in total. The lowest BCUT2D eigenvalue weighted by molar-refractivity contribution is -0.131. The van der Waals surface area contributed by atoms with Crippen LogP contribution in [-0.4, -0.2) is 18.2 Å². The molecule has 0 aromatic rings. The molecule has 12 heavy (non-hydrogen) atoms. The van der Waals surface area contributed by atoms with Crippen molar-refractivity contribution in [2.45, 2.75) is 26.7 Å². The van der Waals surface area contributed by atoms with Gasteiger partial charge in [0, 0.05) is 6.42 Å². The quantitative estimate of drug-likeness (QED) is 0.510. The van der Waals surface area contributed by atoms with Crippen LogP contribution in [0, 0.1) is 5.92 Å². The van der Waals surface area contributed by atoms with Gasteiger partial charge in [0.25, 0.3) is 0 Å². The zero-order chi connectivity index (χ0) is 9.56. The van der Waals surface area contributed by atoms with Crippen molar-refractivity contribution in [3.63, 3.8) is 0 Å².